The summed E-state index contributed by atoms with van der Waals surface area (Å²) < 4.78 is 1.93. The van der Waals surface area contributed by atoms with Crippen molar-refractivity contribution in [2.75, 3.05) is 0 Å². The zero-order valence-corrected chi connectivity index (χ0v) is 7.43. The lowest BCUT2D eigenvalue weighted by Gasteiger charge is -1.99. The van der Waals surface area contributed by atoms with Crippen molar-refractivity contribution in [2.24, 2.45) is 7.05 Å². The van der Waals surface area contributed by atoms with Gasteiger partial charge in [-0.25, -0.2) is 0 Å². The molecule has 0 saturated carbocycles. The fourth-order valence-electron chi connectivity index (χ4n) is 1.19. The number of hydrogen-bond acceptors (Lipinski definition) is 1. The van der Waals surface area contributed by atoms with Crippen LogP contribution in [0.1, 0.15) is 28.7 Å². The highest BCUT2D eigenvalue weighted by Gasteiger charge is 2.08. The first-order valence-corrected chi connectivity index (χ1v) is 3.68. The maximum Gasteiger partial charge on any atom is 0.176 e. The average molecular weight is 151 g/mol. The second kappa shape index (κ2) is 2.53. The van der Waals surface area contributed by atoms with Crippen LogP contribution < -0.4 is 0 Å². The molecule has 0 unspecified atom stereocenters. The Morgan fingerprint density at radius 1 is 1.45 bits per heavy atom. The van der Waals surface area contributed by atoms with Crippen molar-refractivity contribution >= 4 is 5.78 Å². The molecule has 2 heteroatoms. The van der Waals surface area contributed by atoms with Crippen LogP contribution in [-0.2, 0) is 7.05 Å². The van der Waals surface area contributed by atoms with Crippen LogP contribution in [0.15, 0.2) is 6.07 Å². The van der Waals surface area contributed by atoms with E-state index < -0.39 is 0 Å². The summed E-state index contributed by atoms with van der Waals surface area (Å²) in [5.74, 6) is 0.128. The average Bonchev–Trinajstić information content (AvgIpc) is 2.17. The molecule has 1 rings (SSSR count). The molecule has 0 N–H and O–H groups in total. The number of nitrogens with zero attached hydrogens (tertiary/aromatic N) is 1. The Labute approximate surface area is 66.8 Å². The summed E-state index contributed by atoms with van der Waals surface area (Å²) in [5, 5.41) is 0. The summed E-state index contributed by atoms with van der Waals surface area (Å²) in [7, 11) is 1.92. The smallest absolute Gasteiger partial charge is 0.176 e. The molecule has 0 bridgehead atoms. The molecule has 1 aromatic rings. The summed E-state index contributed by atoms with van der Waals surface area (Å²) in [5.41, 5.74) is 3.13. The third-order valence-electron chi connectivity index (χ3n) is 2.15. The number of carbonyl (C=O) groups excluding carboxylic acids is 1. The van der Waals surface area contributed by atoms with Crippen LogP contribution in [0.25, 0.3) is 0 Å². The van der Waals surface area contributed by atoms with Gasteiger partial charge >= 0.3 is 0 Å². The molecular weight excluding hydrogens is 138 g/mol. The largest absolute Gasteiger partial charge is 0.345 e. The molecule has 60 valence electrons. The number of Topliss-reactive ketones (excluding diaryl/α,β-unsaturated/α-hetero) is 1. The monoisotopic (exact) mass is 151 g/mol. The molecule has 0 saturated heterocycles. The van der Waals surface area contributed by atoms with Crippen molar-refractivity contribution in [3.63, 3.8) is 0 Å². The molecule has 1 heterocycles. The van der Waals surface area contributed by atoms with E-state index in [1.165, 1.54) is 5.56 Å². The van der Waals surface area contributed by atoms with Gasteiger partial charge in [-0.05, 0) is 25.5 Å². The number of aryl methyl sites for hydroxylation is 1. The van der Waals surface area contributed by atoms with Crippen LogP contribution in [-0.4, -0.2) is 10.4 Å². The molecule has 0 aliphatic rings. The van der Waals surface area contributed by atoms with Gasteiger partial charge in [0, 0.05) is 19.7 Å². The second-order valence-corrected chi connectivity index (χ2v) is 2.91. The second-order valence-electron chi connectivity index (χ2n) is 2.91. The van der Waals surface area contributed by atoms with E-state index in [2.05, 4.69) is 0 Å². The predicted molar refractivity (Wildman–Crippen MR) is 44.9 cm³/mol. The van der Waals surface area contributed by atoms with Crippen molar-refractivity contribution in [1.82, 2.24) is 4.57 Å². The van der Waals surface area contributed by atoms with Gasteiger partial charge in [0.25, 0.3) is 0 Å². The van der Waals surface area contributed by atoms with Crippen LogP contribution in [0, 0.1) is 13.8 Å². The number of aromatic nitrogens is 1. The first-order chi connectivity index (χ1) is 5.04. The first-order valence-electron chi connectivity index (χ1n) is 3.68. The van der Waals surface area contributed by atoms with Crippen molar-refractivity contribution < 1.29 is 4.79 Å². The summed E-state index contributed by atoms with van der Waals surface area (Å²) >= 11 is 0. The zero-order valence-electron chi connectivity index (χ0n) is 7.43. The van der Waals surface area contributed by atoms with Crippen LogP contribution in [0.4, 0.5) is 0 Å². The van der Waals surface area contributed by atoms with Crippen LogP contribution >= 0.6 is 0 Å². The minimum atomic E-state index is 0.128. The third kappa shape index (κ3) is 1.20. The fraction of sp³-hybridized carbons (Fsp3) is 0.444. The van der Waals surface area contributed by atoms with Crippen molar-refractivity contribution in [1.29, 1.82) is 0 Å². The molecule has 0 spiro atoms. The van der Waals surface area contributed by atoms with Gasteiger partial charge < -0.3 is 4.57 Å². The molecule has 2 nitrogen and oxygen atoms in total. The Bertz CT molecular complexity index is 297. The predicted octanol–water partition coefficient (Wildman–Crippen LogP) is 1.84. The maximum absolute atomic E-state index is 11.0. The van der Waals surface area contributed by atoms with Gasteiger partial charge in [0.15, 0.2) is 5.78 Å². The molecule has 0 aromatic carbocycles. The summed E-state index contributed by atoms with van der Waals surface area (Å²) in [4.78, 5) is 11.0. The molecule has 0 aliphatic heterocycles. The van der Waals surface area contributed by atoms with E-state index in [-0.39, 0.29) is 5.78 Å². The van der Waals surface area contributed by atoms with E-state index in [0.29, 0.717) is 0 Å². The first kappa shape index (κ1) is 8.05. The molecule has 0 fully saturated rings. The van der Waals surface area contributed by atoms with Crippen LogP contribution in [0.2, 0.25) is 0 Å². The topological polar surface area (TPSA) is 22.0 Å². The van der Waals surface area contributed by atoms with E-state index in [1.54, 1.807) is 6.92 Å². The zero-order chi connectivity index (χ0) is 8.59. The summed E-state index contributed by atoms with van der Waals surface area (Å²) in [6.45, 7) is 5.62. The Kier molecular flexibility index (Phi) is 1.85. The van der Waals surface area contributed by atoms with Gasteiger partial charge in [-0.1, -0.05) is 0 Å². The van der Waals surface area contributed by atoms with Crippen LogP contribution in [0.3, 0.4) is 0 Å². The molecule has 11 heavy (non-hydrogen) atoms. The number of rotatable bonds is 1. The third-order valence-corrected chi connectivity index (χ3v) is 2.15. The normalized spacial score (nSPS) is 10.2. The highest BCUT2D eigenvalue weighted by molar-refractivity contribution is 5.93. The Morgan fingerprint density at radius 2 is 2.00 bits per heavy atom. The van der Waals surface area contributed by atoms with Crippen molar-refractivity contribution in [3.8, 4) is 0 Å². The summed E-state index contributed by atoms with van der Waals surface area (Å²) in [6.07, 6.45) is 0. The van der Waals surface area contributed by atoms with E-state index in [1.807, 2.05) is 31.5 Å². The standard InChI is InChI=1S/C9H13NO/c1-6-5-9(8(3)11)10(4)7(6)2/h5H,1-4H3. The van der Waals surface area contributed by atoms with E-state index in [0.717, 1.165) is 11.4 Å². The highest BCUT2D eigenvalue weighted by Crippen LogP contribution is 2.12. The SMILES string of the molecule is CC(=O)c1cc(C)c(C)n1C. The number of carbonyl (C=O) groups is 1. The molecular formula is C9H13NO. The minimum Gasteiger partial charge on any atom is -0.345 e. The van der Waals surface area contributed by atoms with Gasteiger partial charge in [-0.2, -0.15) is 0 Å². The Morgan fingerprint density at radius 3 is 2.18 bits per heavy atom. The Hall–Kier alpha value is -1.05. The van der Waals surface area contributed by atoms with Gasteiger partial charge in [-0.3, -0.25) is 4.79 Å². The molecule has 0 atom stereocenters. The van der Waals surface area contributed by atoms with E-state index >= 15 is 0 Å². The van der Waals surface area contributed by atoms with E-state index in [4.69, 9.17) is 0 Å². The van der Waals surface area contributed by atoms with Gasteiger partial charge in [0.2, 0.25) is 0 Å². The highest BCUT2D eigenvalue weighted by atomic mass is 16.1. The molecule has 1 aromatic heterocycles. The minimum absolute atomic E-state index is 0.128. The maximum atomic E-state index is 11.0. The van der Waals surface area contributed by atoms with Gasteiger partial charge in [0.1, 0.15) is 0 Å². The van der Waals surface area contributed by atoms with Crippen molar-refractivity contribution in [2.45, 2.75) is 20.8 Å². The fourth-order valence-corrected chi connectivity index (χ4v) is 1.19. The van der Waals surface area contributed by atoms with Crippen LogP contribution in [0.5, 0.6) is 0 Å². The van der Waals surface area contributed by atoms with E-state index in [9.17, 15) is 4.79 Å². The number of hydrogen-bond donors (Lipinski definition) is 0. The quantitative estimate of drug-likeness (QED) is 0.561. The van der Waals surface area contributed by atoms with Gasteiger partial charge in [-0.15, -0.1) is 0 Å². The molecule has 0 radical (unpaired) electrons. The number of ketones is 1. The summed E-state index contributed by atoms with van der Waals surface area (Å²) in [6, 6.07) is 1.93. The van der Waals surface area contributed by atoms with Gasteiger partial charge in [0.05, 0.1) is 5.69 Å². The lowest BCUT2D eigenvalue weighted by Crippen LogP contribution is -2.02. The lowest BCUT2D eigenvalue weighted by atomic mass is 10.2. The Balaban J connectivity index is 3.29. The van der Waals surface area contributed by atoms with Crippen molar-refractivity contribution in [3.05, 3.63) is 23.0 Å². The lowest BCUT2D eigenvalue weighted by molar-refractivity contribution is 0.101. The molecule has 0 amide bonds. The molecule has 0 aliphatic carbocycles.